The molecule has 16 heavy (non-hydrogen) atoms. The fourth-order valence-corrected chi connectivity index (χ4v) is 2.44. The van der Waals surface area contributed by atoms with Crippen molar-refractivity contribution < 1.29 is 8.81 Å². The third-order valence-electron chi connectivity index (χ3n) is 3.15. The zero-order valence-corrected chi connectivity index (χ0v) is 9.43. The number of nitrogens with zero attached hydrogens (tertiary/aromatic N) is 1. The molecule has 1 aliphatic rings. The number of hydrogen-bond acceptors (Lipinski definition) is 2. The SMILES string of the molecule is Fc1cc2nc(C3CCCC3)oc2cc1Cl. The van der Waals surface area contributed by atoms with Gasteiger partial charge in [0.25, 0.3) is 0 Å². The Balaban J connectivity index is 2.08. The smallest absolute Gasteiger partial charge is 0.198 e. The van der Waals surface area contributed by atoms with Gasteiger partial charge >= 0.3 is 0 Å². The maximum atomic E-state index is 13.2. The zero-order valence-electron chi connectivity index (χ0n) is 8.67. The van der Waals surface area contributed by atoms with Crippen LogP contribution in [0.3, 0.4) is 0 Å². The Morgan fingerprint density at radius 3 is 2.81 bits per heavy atom. The van der Waals surface area contributed by atoms with Gasteiger partial charge in [-0.1, -0.05) is 24.4 Å². The van der Waals surface area contributed by atoms with E-state index in [4.69, 9.17) is 16.0 Å². The van der Waals surface area contributed by atoms with Crippen LogP contribution < -0.4 is 0 Å². The predicted molar refractivity (Wildman–Crippen MR) is 60.2 cm³/mol. The largest absolute Gasteiger partial charge is 0.440 e. The van der Waals surface area contributed by atoms with E-state index in [2.05, 4.69) is 4.98 Å². The molecule has 3 rings (SSSR count). The van der Waals surface area contributed by atoms with Crippen LogP contribution in [-0.4, -0.2) is 4.98 Å². The van der Waals surface area contributed by atoms with E-state index in [9.17, 15) is 4.39 Å². The fraction of sp³-hybridized carbons (Fsp3) is 0.417. The summed E-state index contributed by atoms with van der Waals surface area (Å²) in [5.74, 6) is 0.684. The summed E-state index contributed by atoms with van der Waals surface area (Å²) in [6.07, 6.45) is 4.67. The molecule has 0 saturated heterocycles. The lowest BCUT2D eigenvalue weighted by atomic mass is 10.1. The Morgan fingerprint density at radius 1 is 1.31 bits per heavy atom. The summed E-state index contributed by atoms with van der Waals surface area (Å²) in [7, 11) is 0. The lowest BCUT2D eigenvalue weighted by Crippen LogP contribution is -1.90. The van der Waals surface area contributed by atoms with Gasteiger partial charge in [0.15, 0.2) is 11.5 Å². The average molecular weight is 240 g/mol. The number of fused-ring (bicyclic) bond motifs is 1. The summed E-state index contributed by atoms with van der Waals surface area (Å²) in [4.78, 5) is 4.33. The van der Waals surface area contributed by atoms with Gasteiger partial charge < -0.3 is 4.42 Å². The molecule has 4 heteroatoms. The summed E-state index contributed by atoms with van der Waals surface area (Å²) in [6, 6.07) is 2.83. The van der Waals surface area contributed by atoms with Gasteiger partial charge in [0.2, 0.25) is 0 Å². The van der Waals surface area contributed by atoms with E-state index < -0.39 is 5.82 Å². The second-order valence-electron chi connectivity index (χ2n) is 4.27. The highest BCUT2D eigenvalue weighted by Crippen LogP contribution is 2.35. The van der Waals surface area contributed by atoms with Crippen molar-refractivity contribution in [1.29, 1.82) is 0 Å². The van der Waals surface area contributed by atoms with E-state index in [-0.39, 0.29) is 5.02 Å². The first-order valence-electron chi connectivity index (χ1n) is 5.49. The molecular weight excluding hydrogens is 229 g/mol. The summed E-state index contributed by atoms with van der Waals surface area (Å²) in [6.45, 7) is 0. The Bertz CT molecular complexity index is 492. The van der Waals surface area contributed by atoms with Gasteiger partial charge in [-0.3, -0.25) is 0 Å². The highest BCUT2D eigenvalue weighted by molar-refractivity contribution is 6.31. The van der Waals surface area contributed by atoms with Gasteiger partial charge in [0.1, 0.15) is 11.3 Å². The fourth-order valence-electron chi connectivity index (χ4n) is 2.29. The highest BCUT2D eigenvalue weighted by Gasteiger charge is 2.22. The van der Waals surface area contributed by atoms with Crippen LogP contribution in [0.5, 0.6) is 0 Å². The molecule has 1 aliphatic carbocycles. The number of halogens is 2. The molecule has 0 N–H and O–H groups in total. The van der Waals surface area contributed by atoms with Crippen molar-refractivity contribution in [2.45, 2.75) is 31.6 Å². The van der Waals surface area contributed by atoms with Crippen LogP contribution in [-0.2, 0) is 0 Å². The number of oxazole rings is 1. The van der Waals surface area contributed by atoms with E-state index in [1.807, 2.05) is 0 Å². The minimum atomic E-state index is -0.444. The standard InChI is InChI=1S/C12H11ClFNO/c13-8-5-11-10(6-9(8)14)15-12(16-11)7-3-1-2-4-7/h5-7H,1-4H2. The molecule has 0 atom stereocenters. The minimum absolute atomic E-state index is 0.0848. The van der Waals surface area contributed by atoms with Crippen molar-refractivity contribution in [3.05, 3.63) is 28.9 Å². The van der Waals surface area contributed by atoms with E-state index in [0.717, 1.165) is 18.7 Å². The first kappa shape index (κ1) is 10.1. The van der Waals surface area contributed by atoms with Crippen LogP contribution in [0.25, 0.3) is 11.1 Å². The molecule has 1 aromatic carbocycles. The number of hydrogen-bond donors (Lipinski definition) is 0. The topological polar surface area (TPSA) is 26.0 Å². The molecule has 84 valence electrons. The molecule has 0 aliphatic heterocycles. The van der Waals surface area contributed by atoms with Crippen LogP contribution >= 0.6 is 11.6 Å². The van der Waals surface area contributed by atoms with Crippen molar-refractivity contribution in [2.24, 2.45) is 0 Å². The Hall–Kier alpha value is -1.09. The first-order chi connectivity index (χ1) is 7.74. The van der Waals surface area contributed by atoms with E-state index in [1.54, 1.807) is 0 Å². The van der Waals surface area contributed by atoms with Crippen molar-refractivity contribution in [3.63, 3.8) is 0 Å². The summed E-state index contributed by atoms with van der Waals surface area (Å²) in [5, 5.41) is 0.0848. The number of benzene rings is 1. The first-order valence-corrected chi connectivity index (χ1v) is 5.87. The maximum absolute atomic E-state index is 13.2. The van der Waals surface area contributed by atoms with E-state index in [0.29, 0.717) is 17.0 Å². The van der Waals surface area contributed by atoms with Crippen LogP contribution in [0.2, 0.25) is 5.02 Å². The van der Waals surface area contributed by atoms with Gasteiger partial charge in [-0.15, -0.1) is 0 Å². The normalized spacial score (nSPS) is 17.4. The molecule has 1 saturated carbocycles. The van der Waals surface area contributed by atoms with Crippen LogP contribution in [0, 0.1) is 5.82 Å². The van der Waals surface area contributed by atoms with Crippen molar-refractivity contribution >= 4 is 22.7 Å². The quantitative estimate of drug-likeness (QED) is 0.743. The predicted octanol–water partition coefficient (Wildman–Crippen LogP) is 4.28. The van der Waals surface area contributed by atoms with Crippen LogP contribution in [0.4, 0.5) is 4.39 Å². The molecule has 1 fully saturated rings. The third-order valence-corrected chi connectivity index (χ3v) is 3.44. The van der Waals surface area contributed by atoms with Crippen LogP contribution in [0.1, 0.15) is 37.5 Å². The van der Waals surface area contributed by atoms with Crippen molar-refractivity contribution in [2.75, 3.05) is 0 Å². The average Bonchev–Trinajstić information content (AvgIpc) is 2.86. The summed E-state index contributed by atoms with van der Waals surface area (Å²) in [5.41, 5.74) is 1.14. The van der Waals surface area contributed by atoms with Gasteiger partial charge in [-0.2, -0.15) is 0 Å². The lowest BCUT2D eigenvalue weighted by Gasteiger charge is -2.00. The summed E-state index contributed by atoms with van der Waals surface area (Å²) < 4.78 is 18.8. The Kier molecular flexibility index (Phi) is 2.36. The van der Waals surface area contributed by atoms with E-state index in [1.165, 1.54) is 25.0 Å². The third kappa shape index (κ3) is 1.59. The van der Waals surface area contributed by atoms with Crippen LogP contribution in [0.15, 0.2) is 16.5 Å². The van der Waals surface area contributed by atoms with Gasteiger partial charge in [0, 0.05) is 18.1 Å². The monoisotopic (exact) mass is 239 g/mol. The molecule has 0 unspecified atom stereocenters. The molecule has 0 amide bonds. The molecule has 0 bridgehead atoms. The maximum Gasteiger partial charge on any atom is 0.198 e. The summed E-state index contributed by atoms with van der Waals surface area (Å²) >= 11 is 5.69. The van der Waals surface area contributed by atoms with Crippen molar-refractivity contribution in [1.82, 2.24) is 4.98 Å². The van der Waals surface area contributed by atoms with Gasteiger partial charge in [0.05, 0.1) is 5.02 Å². The molecule has 2 nitrogen and oxygen atoms in total. The number of aromatic nitrogens is 1. The van der Waals surface area contributed by atoms with Crippen molar-refractivity contribution in [3.8, 4) is 0 Å². The highest BCUT2D eigenvalue weighted by atomic mass is 35.5. The molecule has 0 radical (unpaired) electrons. The molecular formula is C12H11ClFNO. The minimum Gasteiger partial charge on any atom is -0.440 e. The molecule has 1 heterocycles. The second kappa shape index (κ2) is 3.74. The van der Waals surface area contributed by atoms with E-state index >= 15 is 0 Å². The Morgan fingerprint density at radius 2 is 2.06 bits per heavy atom. The number of rotatable bonds is 1. The second-order valence-corrected chi connectivity index (χ2v) is 4.67. The zero-order chi connectivity index (χ0) is 11.1. The lowest BCUT2D eigenvalue weighted by molar-refractivity contribution is 0.474. The molecule has 1 aromatic heterocycles. The molecule has 0 spiro atoms. The Labute approximate surface area is 97.4 Å². The molecule has 2 aromatic rings. The van der Waals surface area contributed by atoms with Gasteiger partial charge in [-0.05, 0) is 12.8 Å². The van der Waals surface area contributed by atoms with Gasteiger partial charge in [-0.25, -0.2) is 9.37 Å².